The third-order valence-electron chi connectivity index (χ3n) is 3.22. The average molecular weight is 247 g/mol. The first-order valence-corrected chi connectivity index (χ1v) is 6.07. The van der Waals surface area contributed by atoms with Gasteiger partial charge in [0.05, 0.1) is 5.69 Å². The number of aromatic nitrogens is 2. The van der Waals surface area contributed by atoms with E-state index in [1.54, 1.807) is 12.1 Å². The largest absolute Gasteiger partial charge is 0.335 e. The molecule has 0 unspecified atom stereocenters. The zero-order valence-electron chi connectivity index (χ0n) is 10.8. The number of nitrogens with two attached hydrogens (primary N) is 1. The third-order valence-corrected chi connectivity index (χ3v) is 3.22. The highest BCUT2D eigenvalue weighted by atomic mass is 19.1. The summed E-state index contributed by atoms with van der Waals surface area (Å²) < 4.78 is 14.9. The molecule has 2 N–H and O–H groups in total. The second kappa shape index (κ2) is 5.31. The molecule has 0 amide bonds. The van der Waals surface area contributed by atoms with Crippen LogP contribution >= 0.6 is 0 Å². The Hall–Kier alpha value is -1.68. The Bertz CT molecular complexity index is 529. The van der Waals surface area contributed by atoms with Crippen LogP contribution in [0.1, 0.15) is 22.8 Å². The Labute approximate surface area is 106 Å². The molecule has 0 aliphatic carbocycles. The molecule has 1 aromatic carbocycles. The highest BCUT2D eigenvalue weighted by Crippen LogP contribution is 2.15. The van der Waals surface area contributed by atoms with Gasteiger partial charge in [0.25, 0.3) is 0 Å². The first-order valence-electron chi connectivity index (χ1n) is 6.07. The van der Waals surface area contributed by atoms with Crippen molar-refractivity contribution >= 4 is 0 Å². The molecule has 18 heavy (non-hydrogen) atoms. The quantitative estimate of drug-likeness (QED) is 0.897. The van der Waals surface area contributed by atoms with Crippen LogP contribution in [0.5, 0.6) is 0 Å². The zero-order chi connectivity index (χ0) is 13.1. The Morgan fingerprint density at radius 3 is 2.56 bits per heavy atom. The summed E-state index contributed by atoms with van der Waals surface area (Å²) in [6.07, 6.45) is 1.51. The van der Waals surface area contributed by atoms with Crippen molar-refractivity contribution in [3.05, 3.63) is 52.9 Å². The zero-order valence-corrected chi connectivity index (χ0v) is 10.8. The Kier molecular flexibility index (Phi) is 3.77. The van der Waals surface area contributed by atoms with Gasteiger partial charge in [-0.2, -0.15) is 0 Å². The molecule has 0 saturated heterocycles. The molecule has 1 heterocycles. The number of imidazole rings is 1. The van der Waals surface area contributed by atoms with Crippen molar-refractivity contribution in [2.75, 3.05) is 6.54 Å². The molecule has 3 nitrogen and oxygen atoms in total. The van der Waals surface area contributed by atoms with E-state index in [1.807, 2.05) is 14.0 Å². The van der Waals surface area contributed by atoms with Gasteiger partial charge in [0.15, 0.2) is 0 Å². The highest BCUT2D eigenvalue weighted by molar-refractivity contribution is 5.26. The van der Waals surface area contributed by atoms with Gasteiger partial charge in [-0.15, -0.1) is 0 Å². The second-order valence-electron chi connectivity index (χ2n) is 4.46. The maximum Gasteiger partial charge on any atom is 0.123 e. The fourth-order valence-corrected chi connectivity index (χ4v) is 2.01. The van der Waals surface area contributed by atoms with Crippen LogP contribution in [-0.4, -0.2) is 16.1 Å². The molecule has 0 fully saturated rings. The van der Waals surface area contributed by atoms with Gasteiger partial charge in [0.2, 0.25) is 0 Å². The van der Waals surface area contributed by atoms with E-state index in [2.05, 4.69) is 9.55 Å². The third kappa shape index (κ3) is 2.59. The lowest BCUT2D eigenvalue weighted by Gasteiger charge is -2.01. The van der Waals surface area contributed by atoms with Gasteiger partial charge in [0, 0.05) is 25.6 Å². The van der Waals surface area contributed by atoms with Crippen LogP contribution < -0.4 is 5.73 Å². The number of benzene rings is 1. The van der Waals surface area contributed by atoms with Crippen molar-refractivity contribution in [2.24, 2.45) is 12.8 Å². The predicted octanol–water partition coefficient (Wildman–Crippen LogP) is 1.96. The minimum absolute atomic E-state index is 0.208. The molecule has 0 atom stereocenters. The maximum absolute atomic E-state index is 12.8. The summed E-state index contributed by atoms with van der Waals surface area (Å²) in [6, 6.07) is 6.56. The second-order valence-corrected chi connectivity index (χ2v) is 4.46. The van der Waals surface area contributed by atoms with Crippen molar-refractivity contribution in [3.8, 4) is 0 Å². The Morgan fingerprint density at radius 2 is 1.94 bits per heavy atom. The highest BCUT2D eigenvalue weighted by Gasteiger charge is 2.10. The number of halogens is 1. The lowest BCUT2D eigenvalue weighted by Crippen LogP contribution is -2.08. The van der Waals surface area contributed by atoms with Gasteiger partial charge in [-0.1, -0.05) is 12.1 Å². The van der Waals surface area contributed by atoms with Crippen molar-refractivity contribution in [2.45, 2.75) is 19.8 Å². The smallest absolute Gasteiger partial charge is 0.123 e. The van der Waals surface area contributed by atoms with Gasteiger partial charge in [-0.3, -0.25) is 0 Å². The lowest BCUT2D eigenvalue weighted by atomic mass is 10.1. The number of nitrogens with zero attached hydrogens (tertiary/aromatic N) is 2. The molecule has 0 saturated carbocycles. The molecule has 0 spiro atoms. The molecule has 0 bridgehead atoms. The van der Waals surface area contributed by atoms with Gasteiger partial charge in [-0.25, -0.2) is 9.37 Å². The minimum Gasteiger partial charge on any atom is -0.335 e. The average Bonchev–Trinajstić information content (AvgIpc) is 2.61. The van der Waals surface area contributed by atoms with E-state index < -0.39 is 0 Å². The fourth-order valence-electron chi connectivity index (χ4n) is 2.01. The normalized spacial score (nSPS) is 10.9. The van der Waals surface area contributed by atoms with Crippen molar-refractivity contribution in [3.63, 3.8) is 0 Å². The van der Waals surface area contributed by atoms with Crippen molar-refractivity contribution in [1.82, 2.24) is 9.55 Å². The number of hydrogen-bond acceptors (Lipinski definition) is 2. The van der Waals surface area contributed by atoms with Crippen LogP contribution in [0.25, 0.3) is 0 Å². The monoisotopic (exact) mass is 247 g/mol. The predicted molar refractivity (Wildman–Crippen MR) is 69.9 cm³/mol. The Morgan fingerprint density at radius 1 is 1.28 bits per heavy atom. The van der Waals surface area contributed by atoms with E-state index in [0.717, 1.165) is 35.6 Å². The van der Waals surface area contributed by atoms with Crippen molar-refractivity contribution in [1.29, 1.82) is 0 Å². The maximum atomic E-state index is 12.8. The molecular weight excluding hydrogens is 229 g/mol. The van der Waals surface area contributed by atoms with Gasteiger partial charge >= 0.3 is 0 Å². The molecule has 0 aliphatic heterocycles. The summed E-state index contributed by atoms with van der Waals surface area (Å²) >= 11 is 0. The number of rotatable bonds is 4. The van der Waals surface area contributed by atoms with Crippen molar-refractivity contribution < 1.29 is 4.39 Å². The molecule has 0 aliphatic rings. The summed E-state index contributed by atoms with van der Waals surface area (Å²) in [5, 5.41) is 0. The summed E-state index contributed by atoms with van der Waals surface area (Å²) in [7, 11) is 2.00. The standard InChI is InChI=1S/C14H18FN3/c1-10-13(17-14(7-8-16)18(10)2)9-11-3-5-12(15)6-4-11/h3-6H,7-9,16H2,1-2H3. The summed E-state index contributed by atoms with van der Waals surface area (Å²) in [6.45, 7) is 2.64. The summed E-state index contributed by atoms with van der Waals surface area (Å²) in [4.78, 5) is 4.61. The van der Waals surface area contributed by atoms with E-state index >= 15 is 0 Å². The molecule has 2 rings (SSSR count). The molecule has 4 heteroatoms. The van der Waals surface area contributed by atoms with Gasteiger partial charge < -0.3 is 10.3 Å². The van der Waals surface area contributed by atoms with E-state index in [-0.39, 0.29) is 5.82 Å². The van der Waals surface area contributed by atoms with E-state index in [0.29, 0.717) is 6.54 Å². The van der Waals surface area contributed by atoms with Crippen LogP contribution in [0.15, 0.2) is 24.3 Å². The van der Waals surface area contributed by atoms with Crippen LogP contribution in [0.3, 0.4) is 0 Å². The van der Waals surface area contributed by atoms with Crippen LogP contribution in [0.4, 0.5) is 4.39 Å². The number of hydrogen-bond donors (Lipinski definition) is 1. The topological polar surface area (TPSA) is 43.8 Å². The molecule has 2 aromatic rings. The molecule has 0 radical (unpaired) electrons. The fraction of sp³-hybridized carbons (Fsp3) is 0.357. The first-order chi connectivity index (χ1) is 8.61. The van der Waals surface area contributed by atoms with E-state index in [1.165, 1.54) is 12.1 Å². The molecule has 96 valence electrons. The van der Waals surface area contributed by atoms with Crippen LogP contribution in [-0.2, 0) is 19.9 Å². The van der Waals surface area contributed by atoms with Crippen LogP contribution in [0, 0.1) is 12.7 Å². The minimum atomic E-state index is -0.208. The van der Waals surface area contributed by atoms with E-state index in [9.17, 15) is 4.39 Å². The first kappa shape index (κ1) is 12.8. The lowest BCUT2D eigenvalue weighted by molar-refractivity contribution is 0.627. The van der Waals surface area contributed by atoms with Crippen LogP contribution in [0.2, 0.25) is 0 Å². The van der Waals surface area contributed by atoms with Gasteiger partial charge in [0.1, 0.15) is 11.6 Å². The SMILES string of the molecule is Cc1c(Cc2ccc(F)cc2)nc(CCN)n1C. The van der Waals surface area contributed by atoms with E-state index in [4.69, 9.17) is 5.73 Å². The molecule has 1 aromatic heterocycles. The summed E-state index contributed by atoms with van der Waals surface area (Å²) in [5.41, 5.74) is 8.81. The summed E-state index contributed by atoms with van der Waals surface area (Å²) in [5.74, 6) is 0.799. The van der Waals surface area contributed by atoms with Gasteiger partial charge in [-0.05, 0) is 31.2 Å². The Balaban J connectivity index is 2.23. The molecular formula is C14H18FN3.